The molecule has 1 aromatic heterocycles. The molecule has 0 spiro atoms. The minimum absolute atomic E-state index is 0.0885. The molecule has 8 nitrogen and oxygen atoms in total. The van der Waals surface area contributed by atoms with E-state index in [1.165, 1.54) is 28.8 Å². The number of sulfonamides is 1. The molecular weight excluding hydrogens is 430 g/mol. The molecule has 164 valence electrons. The van der Waals surface area contributed by atoms with Gasteiger partial charge in [0, 0.05) is 24.3 Å². The number of amides is 1. The van der Waals surface area contributed by atoms with Crippen molar-refractivity contribution in [3.8, 4) is 0 Å². The first-order chi connectivity index (χ1) is 15.4. The van der Waals surface area contributed by atoms with E-state index in [4.69, 9.17) is 4.42 Å². The van der Waals surface area contributed by atoms with E-state index in [1.807, 2.05) is 6.07 Å². The second kappa shape index (κ2) is 9.11. The van der Waals surface area contributed by atoms with Gasteiger partial charge in [-0.25, -0.2) is 13.2 Å². The van der Waals surface area contributed by atoms with E-state index in [1.54, 1.807) is 48.5 Å². The van der Waals surface area contributed by atoms with E-state index in [9.17, 15) is 18.0 Å². The number of fused-ring (bicyclic) bond motifs is 1. The van der Waals surface area contributed by atoms with Crippen LogP contribution in [-0.2, 0) is 21.4 Å². The summed E-state index contributed by atoms with van der Waals surface area (Å²) in [7, 11) is -3.72. The smallest absolute Gasteiger partial charge is 0.408 e. The Morgan fingerprint density at radius 2 is 1.56 bits per heavy atom. The fraction of sp³-hybridized carbons (Fsp3) is 0.130. The van der Waals surface area contributed by atoms with Crippen LogP contribution in [0.5, 0.6) is 0 Å². The Morgan fingerprint density at radius 1 is 0.875 bits per heavy atom. The van der Waals surface area contributed by atoms with Crippen molar-refractivity contribution in [2.75, 3.05) is 10.0 Å². The number of para-hydroxylation sites is 3. The number of carbonyl (C=O) groups excluding carboxylic acids is 1. The summed E-state index contributed by atoms with van der Waals surface area (Å²) < 4.78 is 34.1. The van der Waals surface area contributed by atoms with Crippen LogP contribution in [0.25, 0.3) is 11.1 Å². The SMILES string of the molecule is O=C(CCCn1c(=O)oc2ccccc21)Nc1ccc(S(=O)(=O)Nc2ccccc2)cc1. The number of aryl methyl sites for hydroxylation is 1. The van der Waals surface area contributed by atoms with E-state index in [0.29, 0.717) is 35.4 Å². The van der Waals surface area contributed by atoms with Crippen LogP contribution in [0.15, 0.2) is 93.0 Å². The fourth-order valence-electron chi connectivity index (χ4n) is 3.28. The lowest BCUT2D eigenvalue weighted by Crippen LogP contribution is -2.17. The first-order valence-corrected chi connectivity index (χ1v) is 11.5. The fourth-order valence-corrected chi connectivity index (χ4v) is 4.34. The lowest BCUT2D eigenvalue weighted by Gasteiger charge is -2.09. The standard InChI is InChI=1S/C23H21N3O5S/c27-22(11-6-16-26-20-9-4-5-10-21(20)31-23(26)28)24-17-12-14-19(15-13-17)32(29,30)25-18-7-2-1-3-8-18/h1-5,7-10,12-15,25H,6,11,16H2,(H,24,27). The van der Waals surface area contributed by atoms with Crippen molar-refractivity contribution in [1.29, 1.82) is 0 Å². The molecule has 4 aromatic rings. The monoisotopic (exact) mass is 451 g/mol. The number of benzene rings is 3. The van der Waals surface area contributed by atoms with E-state index in [2.05, 4.69) is 10.0 Å². The van der Waals surface area contributed by atoms with E-state index >= 15 is 0 Å². The van der Waals surface area contributed by atoms with Crippen molar-refractivity contribution in [3.05, 3.63) is 89.4 Å². The highest BCUT2D eigenvalue weighted by Crippen LogP contribution is 2.18. The highest BCUT2D eigenvalue weighted by atomic mass is 32.2. The summed E-state index contributed by atoms with van der Waals surface area (Å²) in [5, 5.41) is 2.74. The average molecular weight is 452 g/mol. The molecule has 0 bridgehead atoms. The maximum atomic E-state index is 12.5. The zero-order valence-electron chi connectivity index (χ0n) is 17.0. The summed E-state index contributed by atoms with van der Waals surface area (Å²) in [4.78, 5) is 24.3. The summed E-state index contributed by atoms with van der Waals surface area (Å²) in [6, 6.07) is 21.6. The molecule has 0 saturated heterocycles. The number of rotatable bonds is 8. The third kappa shape index (κ3) is 4.89. The minimum atomic E-state index is -3.72. The van der Waals surface area contributed by atoms with Crippen molar-refractivity contribution >= 4 is 38.4 Å². The summed E-state index contributed by atoms with van der Waals surface area (Å²) in [5.41, 5.74) is 2.16. The quantitative estimate of drug-likeness (QED) is 0.423. The van der Waals surface area contributed by atoms with Crippen molar-refractivity contribution in [2.45, 2.75) is 24.3 Å². The number of oxazole rings is 1. The van der Waals surface area contributed by atoms with Crippen LogP contribution in [0.3, 0.4) is 0 Å². The molecule has 0 aliphatic rings. The molecule has 0 atom stereocenters. The molecule has 0 radical (unpaired) electrons. The molecule has 0 saturated carbocycles. The van der Waals surface area contributed by atoms with E-state index in [0.717, 1.165) is 0 Å². The summed E-state index contributed by atoms with van der Waals surface area (Å²) in [5.74, 6) is -0.684. The molecule has 0 unspecified atom stereocenters. The van der Waals surface area contributed by atoms with Crippen molar-refractivity contribution in [3.63, 3.8) is 0 Å². The van der Waals surface area contributed by atoms with Crippen molar-refractivity contribution in [1.82, 2.24) is 4.57 Å². The molecule has 0 aliphatic carbocycles. The summed E-state index contributed by atoms with van der Waals surface area (Å²) in [6.07, 6.45) is 0.643. The molecule has 1 amide bonds. The van der Waals surface area contributed by atoms with Crippen molar-refractivity contribution in [2.24, 2.45) is 0 Å². The third-order valence-corrected chi connectivity index (χ3v) is 6.23. The Morgan fingerprint density at radius 3 is 2.31 bits per heavy atom. The Kier molecular flexibility index (Phi) is 6.09. The highest BCUT2D eigenvalue weighted by molar-refractivity contribution is 7.92. The second-order valence-electron chi connectivity index (χ2n) is 7.13. The van der Waals surface area contributed by atoms with Gasteiger partial charge in [-0.3, -0.25) is 14.1 Å². The second-order valence-corrected chi connectivity index (χ2v) is 8.82. The van der Waals surface area contributed by atoms with Crippen LogP contribution in [0, 0.1) is 0 Å². The number of nitrogens with zero attached hydrogens (tertiary/aromatic N) is 1. The van der Waals surface area contributed by atoms with Crippen LogP contribution < -0.4 is 15.8 Å². The van der Waals surface area contributed by atoms with Crippen LogP contribution in [0.4, 0.5) is 11.4 Å². The average Bonchev–Trinajstić information content (AvgIpc) is 3.10. The number of aromatic nitrogens is 1. The van der Waals surface area contributed by atoms with Gasteiger partial charge in [0.1, 0.15) is 0 Å². The largest absolute Gasteiger partial charge is 0.419 e. The maximum absolute atomic E-state index is 12.5. The van der Waals surface area contributed by atoms with E-state index in [-0.39, 0.29) is 17.2 Å². The number of hydrogen-bond acceptors (Lipinski definition) is 5. The van der Waals surface area contributed by atoms with Gasteiger partial charge in [0.2, 0.25) is 5.91 Å². The minimum Gasteiger partial charge on any atom is -0.408 e. The van der Waals surface area contributed by atoms with Crippen LogP contribution in [0.1, 0.15) is 12.8 Å². The molecule has 0 fully saturated rings. The predicted octanol–water partition coefficient (Wildman–Crippen LogP) is 3.81. The zero-order valence-corrected chi connectivity index (χ0v) is 17.8. The summed E-state index contributed by atoms with van der Waals surface area (Å²) in [6.45, 7) is 0.353. The molecule has 4 rings (SSSR count). The number of hydrogen-bond donors (Lipinski definition) is 2. The van der Waals surface area contributed by atoms with Gasteiger partial charge in [-0.1, -0.05) is 30.3 Å². The van der Waals surface area contributed by atoms with Gasteiger partial charge in [0.25, 0.3) is 10.0 Å². The Hall–Kier alpha value is -3.85. The topological polar surface area (TPSA) is 110 Å². The highest BCUT2D eigenvalue weighted by Gasteiger charge is 2.14. The zero-order chi connectivity index (χ0) is 22.6. The molecule has 32 heavy (non-hydrogen) atoms. The molecule has 2 N–H and O–H groups in total. The van der Waals surface area contributed by atoms with Crippen LogP contribution >= 0.6 is 0 Å². The van der Waals surface area contributed by atoms with Gasteiger partial charge in [-0.05, 0) is 55.0 Å². The summed E-state index contributed by atoms with van der Waals surface area (Å²) >= 11 is 0. The predicted molar refractivity (Wildman–Crippen MR) is 122 cm³/mol. The first kappa shape index (κ1) is 21.4. The van der Waals surface area contributed by atoms with Gasteiger partial charge >= 0.3 is 5.76 Å². The van der Waals surface area contributed by atoms with Gasteiger partial charge in [0.15, 0.2) is 5.58 Å². The van der Waals surface area contributed by atoms with Crippen molar-refractivity contribution < 1.29 is 17.6 Å². The van der Waals surface area contributed by atoms with Gasteiger partial charge in [0.05, 0.1) is 10.4 Å². The van der Waals surface area contributed by atoms with E-state index < -0.39 is 15.8 Å². The molecule has 3 aromatic carbocycles. The molecule has 9 heteroatoms. The van der Waals surface area contributed by atoms with Gasteiger partial charge < -0.3 is 9.73 Å². The van der Waals surface area contributed by atoms with Crippen LogP contribution in [-0.4, -0.2) is 18.9 Å². The number of carbonyl (C=O) groups is 1. The first-order valence-electron chi connectivity index (χ1n) is 9.98. The molecule has 0 aliphatic heterocycles. The lowest BCUT2D eigenvalue weighted by molar-refractivity contribution is -0.116. The van der Waals surface area contributed by atoms with Crippen LogP contribution in [0.2, 0.25) is 0 Å². The lowest BCUT2D eigenvalue weighted by atomic mass is 10.2. The normalized spacial score (nSPS) is 11.4. The van der Waals surface area contributed by atoms with Gasteiger partial charge in [-0.15, -0.1) is 0 Å². The number of nitrogens with one attached hydrogen (secondary N) is 2. The number of anilines is 2. The third-order valence-electron chi connectivity index (χ3n) is 4.83. The molecular formula is C23H21N3O5S. The Balaban J connectivity index is 1.33. The Labute approximate surface area is 184 Å². The molecule has 1 heterocycles. The maximum Gasteiger partial charge on any atom is 0.419 e. The Bertz CT molecular complexity index is 1390. The van der Waals surface area contributed by atoms with Gasteiger partial charge in [-0.2, -0.15) is 0 Å².